The van der Waals surface area contributed by atoms with E-state index in [9.17, 15) is 4.79 Å². The Hall–Kier alpha value is -3.17. The zero-order chi connectivity index (χ0) is 22.2. The van der Waals surface area contributed by atoms with Crippen LogP contribution in [-0.2, 0) is 11.3 Å². The average molecular weight is 551 g/mol. The van der Waals surface area contributed by atoms with Crippen LogP contribution in [0.3, 0.4) is 0 Å². The highest BCUT2D eigenvalue weighted by molar-refractivity contribution is 14.1. The standard InChI is InChI=1S/C20H16ClIN6O3/c1-3-8-31-19-16(22)9-13(10-17(19)30-2)11-23-24-18(29)12-28-26-20(25-27-28)14-6-4-5-7-15(14)21/h1,4-7,9-11H,8,12H2,2H3,(H,24,29)/b23-11+. The molecule has 158 valence electrons. The molecule has 0 radical (unpaired) electrons. The molecule has 0 aliphatic heterocycles. The predicted octanol–water partition coefficient (Wildman–Crippen LogP) is 2.77. The van der Waals surface area contributed by atoms with E-state index in [4.69, 9.17) is 27.5 Å². The van der Waals surface area contributed by atoms with E-state index in [1.165, 1.54) is 13.3 Å². The van der Waals surface area contributed by atoms with Gasteiger partial charge in [0.25, 0.3) is 5.91 Å². The number of carbonyl (C=O) groups excluding carboxylic acids is 1. The molecule has 1 heterocycles. The Kier molecular flexibility index (Phi) is 7.80. The lowest BCUT2D eigenvalue weighted by atomic mass is 10.2. The van der Waals surface area contributed by atoms with E-state index in [0.717, 1.165) is 8.37 Å². The number of methoxy groups -OCH3 is 1. The van der Waals surface area contributed by atoms with Crippen molar-refractivity contribution < 1.29 is 14.3 Å². The van der Waals surface area contributed by atoms with Gasteiger partial charge in [0.2, 0.25) is 5.82 Å². The Morgan fingerprint density at radius 1 is 1.42 bits per heavy atom. The summed E-state index contributed by atoms with van der Waals surface area (Å²) in [6.45, 7) is -0.0289. The minimum atomic E-state index is -0.421. The van der Waals surface area contributed by atoms with E-state index in [-0.39, 0.29) is 13.2 Å². The van der Waals surface area contributed by atoms with Gasteiger partial charge in [-0.15, -0.1) is 16.6 Å². The molecule has 0 saturated heterocycles. The summed E-state index contributed by atoms with van der Waals surface area (Å²) < 4.78 is 11.6. The quantitative estimate of drug-likeness (QED) is 0.200. The fourth-order valence-corrected chi connectivity index (χ4v) is 3.47. The van der Waals surface area contributed by atoms with Crippen molar-refractivity contribution in [1.82, 2.24) is 25.6 Å². The average Bonchev–Trinajstić information content (AvgIpc) is 3.21. The molecule has 31 heavy (non-hydrogen) atoms. The molecule has 3 aromatic rings. The number of hydrogen-bond donors (Lipinski definition) is 1. The number of halogens is 2. The first kappa shape index (κ1) is 22.5. The third kappa shape index (κ3) is 5.93. The first-order valence-corrected chi connectivity index (χ1v) is 10.3. The summed E-state index contributed by atoms with van der Waals surface area (Å²) in [5.74, 6) is 3.38. The third-order valence-electron chi connectivity index (χ3n) is 3.81. The number of nitrogens with zero attached hydrogens (tertiary/aromatic N) is 5. The summed E-state index contributed by atoms with van der Waals surface area (Å²) in [7, 11) is 1.53. The van der Waals surface area contributed by atoms with Crippen molar-refractivity contribution in [2.24, 2.45) is 5.10 Å². The molecule has 0 aliphatic carbocycles. The van der Waals surface area contributed by atoms with Crippen LogP contribution < -0.4 is 14.9 Å². The maximum atomic E-state index is 12.1. The molecule has 0 unspecified atom stereocenters. The lowest BCUT2D eigenvalue weighted by Gasteiger charge is -2.11. The Labute approximate surface area is 196 Å². The number of hydrogen-bond acceptors (Lipinski definition) is 7. The van der Waals surface area contributed by atoms with E-state index < -0.39 is 5.91 Å². The minimum absolute atomic E-state index is 0.129. The van der Waals surface area contributed by atoms with Gasteiger partial charge < -0.3 is 9.47 Å². The highest BCUT2D eigenvalue weighted by Gasteiger charge is 2.12. The van der Waals surface area contributed by atoms with Crippen LogP contribution >= 0.6 is 34.2 Å². The van der Waals surface area contributed by atoms with Crippen LogP contribution in [0.4, 0.5) is 0 Å². The van der Waals surface area contributed by atoms with Gasteiger partial charge in [0.05, 0.1) is 21.9 Å². The second-order valence-corrected chi connectivity index (χ2v) is 7.51. The van der Waals surface area contributed by atoms with Crippen LogP contribution in [-0.4, -0.2) is 46.0 Å². The summed E-state index contributed by atoms with van der Waals surface area (Å²) in [5, 5.41) is 16.4. The molecule has 0 spiro atoms. The van der Waals surface area contributed by atoms with Crippen molar-refractivity contribution in [3.63, 3.8) is 0 Å². The SMILES string of the molecule is C#CCOc1c(I)cc(/C=N/NC(=O)Cn2nnc(-c3ccccc3Cl)n2)cc1OC. The number of aromatic nitrogens is 4. The lowest BCUT2D eigenvalue weighted by molar-refractivity contribution is -0.122. The molecule has 1 N–H and O–H groups in total. The van der Waals surface area contributed by atoms with E-state index in [1.807, 2.05) is 12.1 Å². The van der Waals surface area contributed by atoms with Crippen molar-refractivity contribution in [2.45, 2.75) is 6.54 Å². The maximum absolute atomic E-state index is 12.1. The van der Waals surface area contributed by atoms with Crippen LogP contribution in [0.1, 0.15) is 5.56 Å². The van der Waals surface area contributed by atoms with Crippen LogP contribution in [0.5, 0.6) is 11.5 Å². The summed E-state index contributed by atoms with van der Waals surface area (Å²) in [4.78, 5) is 13.3. The number of carbonyl (C=O) groups is 1. The number of amides is 1. The fourth-order valence-electron chi connectivity index (χ4n) is 2.47. The molecule has 9 nitrogen and oxygen atoms in total. The Morgan fingerprint density at radius 2 is 2.23 bits per heavy atom. The third-order valence-corrected chi connectivity index (χ3v) is 4.94. The van der Waals surface area contributed by atoms with Crippen LogP contribution in [0, 0.1) is 15.9 Å². The zero-order valence-corrected chi connectivity index (χ0v) is 19.2. The van der Waals surface area contributed by atoms with E-state index >= 15 is 0 Å². The zero-order valence-electron chi connectivity index (χ0n) is 16.2. The highest BCUT2D eigenvalue weighted by atomic mass is 127. The fraction of sp³-hybridized carbons (Fsp3) is 0.150. The highest BCUT2D eigenvalue weighted by Crippen LogP contribution is 2.33. The first-order chi connectivity index (χ1) is 15.0. The van der Waals surface area contributed by atoms with Gasteiger partial charge in [0.1, 0.15) is 13.2 Å². The number of hydrazone groups is 1. The largest absolute Gasteiger partial charge is 0.493 e. The molecule has 0 aliphatic rings. The monoisotopic (exact) mass is 550 g/mol. The number of tetrazole rings is 1. The molecule has 0 fully saturated rings. The second-order valence-electron chi connectivity index (χ2n) is 5.94. The van der Waals surface area contributed by atoms with Gasteiger partial charge >= 0.3 is 0 Å². The normalized spacial score (nSPS) is 10.6. The van der Waals surface area contributed by atoms with E-state index in [2.05, 4.69) is 54.4 Å². The molecule has 0 atom stereocenters. The van der Waals surface area contributed by atoms with Crippen LogP contribution in [0.15, 0.2) is 41.5 Å². The van der Waals surface area contributed by atoms with Crippen molar-refractivity contribution in [2.75, 3.05) is 13.7 Å². The molecule has 3 rings (SSSR count). The van der Waals surface area contributed by atoms with Gasteiger partial charge in [-0.3, -0.25) is 4.79 Å². The molecule has 0 bridgehead atoms. The van der Waals surface area contributed by atoms with Crippen molar-refractivity contribution in [1.29, 1.82) is 0 Å². The van der Waals surface area contributed by atoms with Crippen LogP contribution in [0.25, 0.3) is 11.4 Å². The van der Waals surface area contributed by atoms with Gasteiger partial charge in [0.15, 0.2) is 11.5 Å². The van der Waals surface area contributed by atoms with Crippen LogP contribution in [0.2, 0.25) is 5.02 Å². The summed E-state index contributed by atoms with van der Waals surface area (Å²) >= 11 is 8.23. The van der Waals surface area contributed by atoms with E-state index in [0.29, 0.717) is 33.5 Å². The molecule has 1 amide bonds. The predicted molar refractivity (Wildman–Crippen MR) is 124 cm³/mol. The summed E-state index contributed by atoms with van der Waals surface area (Å²) in [6.07, 6.45) is 6.72. The minimum Gasteiger partial charge on any atom is -0.493 e. The number of benzene rings is 2. The van der Waals surface area contributed by atoms with Crippen molar-refractivity contribution in [3.05, 3.63) is 50.6 Å². The number of rotatable bonds is 8. The van der Waals surface area contributed by atoms with Gasteiger partial charge in [-0.2, -0.15) is 9.90 Å². The van der Waals surface area contributed by atoms with Crippen molar-refractivity contribution >= 4 is 46.3 Å². The first-order valence-electron chi connectivity index (χ1n) is 8.80. The van der Waals surface area contributed by atoms with E-state index in [1.54, 1.807) is 24.3 Å². The Bertz CT molecular complexity index is 1160. The van der Waals surface area contributed by atoms with Gasteiger partial charge in [0, 0.05) is 5.56 Å². The Balaban J connectivity index is 1.62. The smallest absolute Gasteiger partial charge is 0.263 e. The number of ether oxygens (including phenoxy) is 2. The van der Waals surface area contributed by atoms with Gasteiger partial charge in [-0.25, -0.2) is 5.43 Å². The molecular formula is C20H16ClIN6O3. The molecule has 11 heteroatoms. The molecule has 0 saturated carbocycles. The maximum Gasteiger partial charge on any atom is 0.263 e. The lowest BCUT2D eigenvalue weighted by Crippen LogP contribution is -2.24. The second kappa shape index (κ2) is 10.7. The summed E-state index contributed by atoms with van der Waals surface area (Å²) in [5.41, 5.74) is 3.76. The number of nitrogens with one attached hydrogen (secondary N) is 1. The number of terminal acetylenes is 1. The molecule has 1 aromatic heterocycles. The van der Waals surface area contributed by atoms with Gasteiger partial charge in [-0.05, 0) is 57.6 Å². The topological polar surface area (TPSA) is 104 Å². The molecule has 2 aromatic carbocycles. The van der Waals surface area contributed by atoms with Gasteiger partial charge in [-0.1, -0.05) is 29.7 Å². The Morgan fingerprint density at radius 3 is 2.97 bits per heavy atom. The summed E-state index contributed by atoms with van der Waals surface area (Å²) in [6, 6.07) is 10.6. The molecular weight excluding hydrogens is 535 g/mol. The van der Waals surface area contributed by atoms with Crippen molar-refractivity contribution in [3.8, 4) is 35.2 Å².